The van der Waals surface area contributed by atoms with Crippen LogP contribution in [0.4, 0.5) is 0 Å². The average molecular weight is 207 g/mol. The second kappa shape index (κ2) is 4.35. The van der Waals surface area contributed by atoms with Crippen LogP contribution in [0.5, 0.6) is 0 Å². The number of rotatable bonds is 2. The Bertz CT molecular complexity index is 318. The lowest BCUT2D eigenvalue weighted by molar-refractivity contribution is 0.246. The molecule has 0 aromatic carbocycles. The third kappa shape index (κ3) is 2.40. The fourth-order valence-corrected chi connectivity index (χ4v) is 2.67. The number of hydrogen-bond donors (Lipinski definition) is 2. The molecular weight excluding hydrogens is 186 g/mol. The van der Waals surface area contributed by atoms with Gasteiger partial charge in [0, 0.05) is 12.2 Å². The molecule has 3 unspecified atom stereocenters. The molecule has 0 spiro atoms. The lowest BCUT2D eigenvalue weighted by Gasteiger charge is -2.30. The molecular formula is C12H21N3. The van der Waals surface area contributed by atoms with E-state index in [-0.39, 0.29) is 6.04 Å². The minimum Gasteiger partial charge on any atom is -0.345 e. The molecule has 1 saturated carbocycles. The zero-order chi connectivity index (χ0) is 10.8. The van der Waals surface area contributed by atoms with E-state index in [1.807, 2.05) is 13.1 Å². The Kier molecular flexibility index (Phi) is 3.10. The lowest BCUT2D eigenvalue weighted by atomic mass is 9.78. The van der Waals surface area contributed by atoms with Crippen LogP contribution in [0.1, 0.15) is 50.2 Å². The highest BCUT2D eigenvalue weighted by molar-refractivity contribution is 5.07. The Hall–Kier alpha value is -0.830. The van der Waals surface area contributed by atoms with E-state index in [0.29, 0.717) is 5.92 Å². The first-order valence-corrected chi connectivity index (χ1v) is 5.94. The molecule has 0 bridgehead atoms. The second-order valence-corrected chi connectivity index (χ2v) is 4.98. The smallest absolute Gasteiger partial charge is 0.103 e. The first-order chi connectivity index (χ1) is 7.16. The van der Waals surface area contributed by atoms with Crippen molar-refractivity contribution in [3.8, 4) is 0 Å². The van der Waals surface area contributed by atoms with Gasteiger partial charge in [-0.1, -0.05) is 19.8 Å². The number of nitrogens with one attached hydrogen (secondary N) is 1. The first kappa shape index (κ1) is 10.7. The highest BCUT2D eigenvalue weighted by Gasteiger charge is 2.26. The predicted octanol–water partition coefficient (Wildman–Crippen LogP) is 2.54. The number of H-pyrrole nitrogens is 1. The number of aromatic nitrogens is 2. The Morgan fingerprint density at radius 3 is 2.93 bits per heavy atom. The topological polar surface area (TPSA) is 54.7 Å². The summed E-state index contributed by atoms with van der Waals surface area (Å²) in [6, 6.07) is 0.147. The highest BCUT2D eigenvalue weighted by Crippen LogP contribution is 2.35. The normalized spacial score (nSPS) is 29.0. The van der Waals surface area contributed by atoms with Crippen LogP contribution < -0.4 is 5.73 Å². The largest absolute Gasteiger partial charge is 0.345 e. The Morgan fingerprint density at radius 2 is 2.33 bits per heavy atom. The fourth-order valence-electron chi connectivity index (χ4n) is 2.67. The molecule has 0 saturated heterocycles. The van der Waals surface area contributed by atoms with Gasteiger partial charge in [0.25, 0.3) is 0 Å². The summed E-state index contributed by atoms with van der Waals surface area (Å²) < 4.78 is 0. The summed E-state index contributed by atoms with van der Waals surface area (Å²) in [6.07, 6.45) is 7.11. The fraction of sp³-hybridized carbons (Fsp3) is 0.750. The van der Waals surface area contributed by atoms with Gasteiger partial charge in [0.05, 0.1) is 5.69 Å². The van der Waals surface area contributed by atoms with Gasteiger partial charge in [-0.15, -0.1) is 0 Å². The van der Waals surface area contributed by atoms with E-state index in [2.05, 4.69) is 16.9 Å². The highest BCUT2D eigenvalue weighted by atomic mass is 14.9. The third-order valence-corrected chi connectivity index (χ3v) is 3.57. The number of imidazole rings is 1. The molecule has 1 aliphatic carbocycles. The minimum absolute atomic E-state index is 0.147. The standard InChI is InChI=1S/C12H21N3/c1-8-4-3-5-10(6-8)12(13)11-7-14-9(2)15-11/h7-8,10,12H,3-6,13H2,1-2H3,(H,14,15). The Balaban J connectivity index is 2.03. The molecule has 84 valence electrons. The Labute approximate surface area is 91.5 Å². The van der Waals surface area contributed by atoms with E-state index in [4.69, 9.17) is 5.73 Å². The number of aryl methyl sites for hydroxylation is 1. The van der Waals surface area contributed by atoms with Crippen molar-refractivity contribution in [3.63, 3.8) is 0 Å². The van der Waals surface area contributed by atoms with Gasteiger partial charge in [-0.05, 0) is 31.6 Å². The molecule has 1 heterocycles. The summed E-state index contributed by atoms with van der Waals surface area (Å²) >= 11 is 0. The van der Waals surface area contributed by atoms with Crippen molar-refractivity contribution in [3.05, 3.63) is 17.7 Å². The summed E-state index contributed by atoms with van der Waals surface area (Å²) in [5.74, 6) is 2.43. The molecule has 2 rings (SSSR count). The molecule has 3 heteroatoms. The summed E-state index contributed by atoms with van der Waals surface area (Å²) in [5.41, 5.74) is 7.38. The molecule has 3 atom stereocenters. The van der Waals surface area contributed by atoms with Gasteiger partial charge in [-0.3, -0.25) is 0 Å². The number of hydrogen-bond acceptors (Lipinski definition) is 2. The molecule has 1 aliphatic rings. The van der Waals surface area contributed by atoms with E-state index >= 15 is 0 Å². The molecule has 3 nitrogen and oxygen atoms in total. The van der Waals surface area contributed by atoms with Gasteiger partial charge in [0.1, 0.15) is 5.82 Å². The maximum Gasteiger partial charge on any atom is 0.103 e. The molecule has 0 amide bonds. The van der Waals surface area contributed by atoms with Crippen molar-refractivity contribution in [2.24, 2.45) is 17.6 Å². The van der Waals surface area contributed by atoms with Crippen LogP contribution in [0.2, 0.25) is 0 Å². The zero-order valence-electron chi connectivity index (χ0n) is 9.66. The van der Waals surface area contributed by atoms with Gasteiger partial charge in [-0.2, -0.15) is 0 Å². The van der Waals surface area contributed by atoms with Crippen molar-refractivity contribution in [2.45, 2.75) is 45.6 Å². The second-order valence-electron chi connectivity index (χ2n) is 4.98. The van der Waals surface area contributed by atoms with Gasteiger partial charge in [0.15, 0.2) is 0 Å². The summed E-state index contributed by atoms with van der Waals surface area (Å²) in [7, 11) is 0. The molecule has 1 aromatic heterocycles. The van der Waals surface area contributed by atoms with Crippen LogP contribution in [0, 0.1) is 18.8 Å². The lowest BCUT2D eigenvalue weighted by Crippen LogP contribution is -2.26. The van der Waals surface area contributed by atoms with Gasteiger partial charge in [-0.25, -0.2) is 4.98 Å². The van der Waals surface area contributed by atoms with E-state index in [1.54, 1.807) is 0 Å². The molecule has 0 radical (unpaired) electrons. The number of aromatic amines is 1. The van der Waals surface area contributed by atoms with E-state index in [1.165, 1.54) is 25.7 Å². The number of nitrogens with zero attached hydrogens (tertiary/aromatic N) is 1. The van der Waals surface area contributed by atoms with E-state index in [0.717, 1.165) is 17.4 Å². The van der Waals surface area contributed by atoms with Crippen LogP contribution in [0.15, 0.2) is 6.20 Å². The van der Waals surface area contributed by atoms with Crippen molar-refractivity contribution in [2.75, 3.05) is 0 Å². The maximum absolute atomic E-state index is 6.27. The summed E-state index contributed by atoms with van der Waals surface area (Å²) in [6.45, 7) is 4.30. The molecule has 1 fully saturated rings. The van der Waals surface area contributed by atoms with Crippen molar-refractivity contribution >= 4 is 0 Å². The van der Waals surface area contributed by atoms with Crippen LogP contribution in [0.25, 0.3) is 0 Å². The van der Waals surface area contributed by atoms with Crippen LogP contribution in [-0.2, 0) is 0 Å². The van der Waals surface area contributed by atoms with Crippen molar-refractivity contribution in [1.82, 2.24) is 9.97 Å². The van der Waals surface area contributed by atoms with Crippen molar-refractivity contribution in [1.29, 1.82) is 0 Å². The SMILES string of the molecule is Cc1ncc(C(N)C2CCCC(C)C2)[nH]1. The van der Waals surface area contributed by atoms with E-state index < -0.39 is 0 Å². The molecule has 0 aliphatic heterocycles. The summed E-state index contributed by atoms with van der Waals surface area (Å²) in [4.78, 5) is 7.47. The first-order valence-electron chi connectivity index (χ1n) is 5.94. The van der Waals surface area contributed by atoms with Gasteiger partial charge < -0.3 is 10.7 Å². The third-order valence-electron chi connectivity index (χ3n) is 3.57. The summed E-state index contributed by atoms with van der Waals surface area (Å²) in [5, 5.41) is 0. The Morgan fingerprint density at radius 1 is 1.53 bits per heavy atom. The monoisotopic (exact) mass is 207 g/mol. The zero-order valence-corrected chi connectivity index (χ0v) is 9.66. The molecule has 3 N–H and O–H groups in total. The van der Waals surface area contributed by atoms with Gasteiger partial charge in [0.2, 0.25) is 0 Å². The van der Waals surface area contributed by atoms with Crippen molar-refractivity contribution < 1.29 is 0 Å². The quantitative estimate of drug-likeness (QED) is 0.783. The predicted molar refractivity (Wildman–Crippen MR) is 61.4 cm³/mol. The maximum atomic E-state index is 6.27. The van der Waals surface area contributed by atoms with Crippen LogP contribution in [0.3, 0.4) is 0 Å². The molecule has 15 heavy (non-hydrogen) atoms. The van der Waals surface area contributed by atoms with Crippen LogP contribution in [-0.4, -0.2) is 9.97 Å². The average Bonchev–Trinajstić information content (AvgIpc) is 2.64. The van der Waals surface area contributed by atoms with E-state index in [9.17, 15) is 0 Å². The van der Waals surface area contributed by atoms with Gasteiger partial charge >= 0.3 is 0 Å². The minimum atomic E-state index is 0.147. The number of nitrogens with two attached hydrogens (primary N) is 1. The molecule has 1 aromatic rings. The van der Waals surface area contributed by atoms with Crippen LogP contribution >= 0.6 is 0 Å².